The molecule has 3 nitrogen and oxygen atoms in total. The molecule has 3 aliphatic rings. The molecule has 3 rings (SSSR count). The Morgan fingerprint density at radius 1 is 1.27 bits per heavy atom. The number of nitrogens with zero attached hydrogens (tertiary/aromatic N) is 1. The van der Waals surface area contributed by atoms with Gasteiger partial charge in [0.2, 0.25) is 0 Å². The smallest absolute Gasteiger partial charge is 0.134 e. The average molecular weight is 209 g/mol. The summed E-state index contributed by atoms with van der Waals surface area (Å²) < 4.78 is 5.79. The van der Waals surface area contributed by atoms with Crippen molar-refractivity contribution in [1.29, 1.82) is 0 Å². The van der Waals surface area contributed by atoms with Crippen molar-refractivity contribution < 1.29 is 9.53 Å². The van der Waals surface area contributed by atoms with Crippen LogP contribution in [0.3, 0.4) is 0 Å². The van der Waals surface area contributed by atoms with Crippen molar-refractivity contribution in [2.24, 2.45) is 0 Å². The lowest BCUT2D eigenvalue weighted by atomic mass is 10.1. The van der Waals surface area contributed by atoms with E-state index >= 15 is 0 Å². The summed E-state index contributed by atoms with van der Waals surface area (Å²) in [7, 11) is 0. The van der Waals surface area contributed by atoms with Crippen LogP contribution in [-0.2, 0) is 9.53 Å². The summed E-state index contributed by atoms with van der Waals surface area (Å²) in [6, 6.07) is 1.15. The van der Waals surface area contributed by atoms with E-state index in [0.717, 1.165) is 32.4 Å². The van der Waals surface area contributed by atoms with Gasteiger partial charge in [-0.1, -0.05) is 0 Å². The van der Waals surface area contributed by atoms with Crippen LogP contribution in [0, 0.1) is 0 Å². The van der Waals surface area contributed by atoms with Gasteiger partial charge in [-0.3, -0.25) is 9.69 Å². The van der Waals surface area contributed by atoms with Crippen molar-refractivity contribution in [3.63, 3.8) is 0 Å². The molecule has 3 unspecified atom stereocenters. The zero-order chi connectivity index (χ0) is 10.3. The molecule has 3 atom stereocenters. The van der Waals surface area contributed by atoms with E-state index in [1.807, 2.05) is 0 Å². The summed E-state index contributed by atoms with van der Waals surface area (Å²) in [5.41, 5.74) is 0. The van der Waals surface area contributed by atoms with Crippen molar-refractivity contribution >= 4 is 5.78 Å². The Balaban J connectivity index is 1.71. The summed E-state index contributed by atoms with van der Waals surface area (Å²) in [6.45, 7) is 1.91. The topological polar surface area (TPSA) is 29.5 Å². The van der Waals surface area contributed by atoms with Crippen molar-refractivity contribution in [3.8, 4) is 0 Å². The Hall–Kier alpha value is -0.410. The van der Waals surface area contributed by atoms with Crippen LogP contribution in [-0.4, -0.2) is 42.0 Å². The minimum Gasteiger partial charge on any atom is -0.375 e. The third-order valence-corrected chi connectivity index (χ3v) is 4.21. The fourth-order valence-electron chi connectivity index (χ4n) is 3.49. The summed E-state index contributed by atoms with van der Waals surface area (Å²) in [5, 5.41) is 0. The second-order valence-corrected chi connectivity index (χ2v) is 5.08. The molecule has 3 heteroatoms. The first-order valence-corrected chi connectivity index (χ1v) is 6.23. The Labute approximate surface area is 90.8 Å². The van der Waals surface area contributed by atoms with Crippen LogP contribution in [0.1, 0.15) is 38.5 Å². The summed E-state index contributed by atoms with van der Waals surface area (Å²) in [5.74, 6) is 0.459. The summed E-state index contributed by atoms with van der Waals surface area (Å²) >= 11 is 0. The van der Waals surface area contributed by atoms with E-state index in [0.29, 0.717) is 24.0 Å². The summed E-state index contributed by atoms with van der Waals surface area (Å²) in [4.78, 5) is 13.9. The predicted octanol–water partition coefficient (Wildman–Crippen LogP) is 1.36. The van der Waals surface area contributed by atoms with Gasteiger partial charge in [0, 0.05) is 31.5 Å². The fraction of sp³-hybridized carbons (Fsp3) is 0.917. The maximum Gasteiger partial charge on any atom is 0.134 e. The van der Waals surface area contributed by atoms with Crippen molar-refractivity contribution in [3.05, 3.63) is 0 Å². The largest absolute Gasteiger partial charge is 0.375 e. The zero-order valence-electron chi connectivity index (χ0n) is 9.15. The molecule has 2 aliphatic carbocycles. The monoisotopic (exact) mass is 209 g/mol. The van der Waals surface area contributed by atoms with Gasteiger partial charge >= 0.3 is 0 Å². The summed E-state index contributed by atoms with van der Waals surface area (Å²) in [6.07, 6.45) is 6.95. The van der Waals surface area contributed by atoms with Gasteiger partial charge in [-0.25, -0.2) is 0 Å². The van der Waals surface area contributed by atoms with Crippen LogP contribution >= 0.6 is 0 Å². The SMILES string of the molecule is O=C1CCC(N2CCOC3CCCC32)C1. The maximum absolute atomic E-state index is 11.3. The molecular formula is C12H19NO2. The molecule has 84 valence electrons. The standard InChI is InChI=1S/C12H19NO2/c14-10-5-4-9(8-10)13-6-7-15-12-3-1-2-11(12)13/h9,11-12H,1-8H2. The second kappa shape index (κ2) is 3.87. The van der Waals surface area contributed by atoms with Crippen LogP contribution in [0.2, 0.25) is 0 Å². The first kappa shape index (κ1) is 9.79. The first-order chi connectivity index (χ1) is 7.34. The van der Waals surface area contributed by atoms with Gasteiger partial charge in [-0.15, -0.1) is 0 Å². The highest BCUT2D eigenvalue weighted by Gasteiger charge is 2.40. The third kappa shape index (κ3) is 1.72. The van der Waals surface area contributed by atoms with Crippen molar-refractivity contribution in [2.45, 2.75) is 56.7 Å². The molecule has 1 heterocycles. The van der Waals surface area contributed by atoms with Gasteiger partial charge < -0.3 is 4.74 Å². The Kier molecular flexibility index (Phi) is 2.53. The molecule has 0 bridgehead atoms. The second-order valence-electron chi connectivity index (χ2n) is 5.08. The molecule has 0 spiro atoms. The molecule has 3 fully saturated rings. The minimum absolute atomic E-state index is 0.459. The lowest BCUT2D eigenvalue weighted by Crippen LogP contribution is -2.52. The molecule has 0 aromatic rings. The molecule has 0 aromatic carbocycles. The third-order valence-electron chi connectivity index (χ3n) is 4.21. The van der Waals surface area contributed by atoms with Crippen LogP contribution in [0.5, 0.6) is 0 Å². The number of Topliss-reactive ketones (excluding diaryl/α,β-unsaturated/α-hetero) is 1. The van der Waals surface area contributed by atoms with Gasteiger partial charge in [-0.2, -0.15) is 0 Å². The van der Waals surface area contributed by atoms with Gasteiger partial charge in [-0.05, 0) is 25.7 Å². The number of morpholine rings is 1. The van der Waals surface area contributed by atoms with E-state index in [2.05, 4.69) is 4.90 Å². The van der Waals surface area contributed by atoms with Gasteiger partial charge in [0.05, 0.1) is 12.7 Å². The molecule has 2 saturated carbocycles. The molecule has 0 radical (unpaired) electrons. The van der Waals surface area contributed by atoms with E-state index in [9.17, 15) is 4.79 Å². The van der Waals surface area contributed by atoms with Crippen LogP contribution in [0.25, 0.3) is 0 Å². The highest BCUT2D eigenvalue weighted by Crippen LogP contribution is 2.34. The van der Waals surface area contributed by atoms with E-state index in [1.165, 1.54) is 19.3 Å². The first-order valence-electron chi connectivity index (χ1n) is 6.23. The van der Waals surface area contributed by atoms with Crippen molar-refractivity contribution in [1.82, 2.24) is 4.90 Å². The zero-order valence-corrected chi connectivity index (χ0v) is 9.15. The Bertz CT molecular complexity index is 266. The van der Waals surface area contributed by atoms with Crippen LogP contribution < -0.4 is 0 Å². The Morgan fingerprint density at radius 2 is 2.20 bits per heavy atom. The molecule has 15 heavy (non-hydrogen) atoms. The predicted molar refractivity (Wildman–Crippen MR) is 56.7 cm³/mol. The Morgan fingerprint density at radius 3 is 3.00 bits per heavy atom. The van der Waals surface area contributed by atoms with E-state index in [1.54, 1.807) is 0 Å². The molecule has 1 saturated heterocycles. The molecule has 1 aliphatic heterocycles. The fourth-order valence-corrected chi connectivity index (χ4v) is 3.49. The number of rotatable bonds is 1. The minimum atomic E-state index is 0.459. The molecule has 0 amide bonds. The highest BCUT2D eigenvalue weighted by atomic mass is 16.5. The molecular weight excluding hydrogens is 190 g/mol. The van der Waals surface area contributed by atoms with Crippen molar-refractivity contribution in [2.75, 3.05) is 13.2 Å². The number of carbonyl (C=O) groups is 1. The maximum atomic E-state index is 11.3. The van der Waals surface area contributed by atoms with E-state index in [-0.39, 0.29) is 0 Å². The number of carbonyl (C=O) groups excluding carboxylic acids is 1. The number of hydrogen-bond donors (Lipinski definition) is 0. The lowest BCUT2D eigenvalue weighted by molar-refractivity contribution is -0.118. The average Bonchev–Trinajstić information content (AvgIpc) is 2.84. The van der Waals surface area contributed by atoms with Gasteiger partial charge in [0.25, 0.3) is 0 Å². The lowest BCUT2D eigenvalue weighted by Gasteiger charge is -2.41. The van der Waals surface area contributed by atoms with Crippen LogP contribution in [0.4, 0.5) is 0 Å². The van der Waals surface area contributed by atoms with E-state index < -0.39 is 0 Å². The number of ketones is 1. The number of ether oxygens (including phenoxy) is 1. The van der Waals surface area contributed by atoms with E-state index in [4.69, 9.17) is 4.74 Å². The van der Waals surface area contributed by atoms with Gasteiger partial charge in [0.1, 0.15) is 5.78 Å². The molecule has 0 aromatic heterocycles. The van der Waals surface area contributed by atoms with Crippen LogP contribution in [0.15, 0.2) is 0 Å². The number of fused-ring (bicyclic) bond motifs is 1. The number of hydrogen-bond acceptors (Lipinski definition) is 3. The molecule has 0 N–H and O–H groups in total. The van der Waals surface area contributed by atoms with Gasteiger partial charge in [0.15, 0.2) is 0 Å². The normalized spacial score (nSPS) is 42.1. The quantitative estimate of drug-likeness (QED) is 0.653. The highest BCUT2D eigenvalue weighted by molar-refractivity contribution is 5.81.